The standard InChI is InChI=1S/C27H49N5O12/c1-31(2)8-3-26(39)30-17-27(40)32(9-4-24(37)28-6-11-41-13-15-43-20-22(35)18-33)10-5-25(38)29-7-12-42-14-16-44-21-23(36)19-34/h33-34H,3-21H2,1-2H3,(H,28,37)(H,29,38)(H,30,39). The van der Waals surface area contributed by atoms with E-state index in [1.165, 1.54) is 4.90 Å². The molecule has 0 aromatic rings. The van der Waals surface area contributed by atoms with Gasteiger partial charge in [-0.2, -0.15) is 0 Å². The second-order valence-electron chi connectivity index (χ2n) is 9.63. The fraction of sp³-hybridized carbons (Fsp3) is 0.778. The van der Waals surface area contributed by atoms with E-state index in [0.717, 1.165) is 0 Å². The summed E-state index contributed by atoms with van der Waals surface area (Å²) in [5.74, 6) is -2.27. The number of ketones is 2. The molecule has 0 aliphatic carbocycles. The molecule has 4 amide bonds. The highest BCUT2D eigenvalue weighted by molar-refractivity contribution is 5.86. The van der Waals surface area contributed by atoms with Gasteiger partial charge in [-0.15, -0.1) is 0 Å². The maximum absolute atomic E-state index is 12.8. The average Bonchev–Trinajstić information content (AvgIpc) is 3.00. The molecular weight excluding hydrogens is 586 g/mol. The summed E-state index contributed by atoms with van der Waals surface area (Å²) in [7, 11) is 3.65. The fourth-order valence-electron chi connectivity index (χ4n) is 3.14. The number of hydrogen-bond donors (Lipinski definition) is 5. The number of aliphatic hydroxyl groups is 2. The van der Waals surface area contributed by atoms with Crippen molar-refractivity contribution >= 4 is 35.2 Å². The molecule has 44 heavy (non-hydrogen) atoms. The van der Waals surface area contributed by atoms with Crippen molar-refractivity contribution in [3.63, 3.8) is 0 Å². The molecule has 0 rings (SSSR count). The molecule has 5 N–H and O–H groups in total. The van der Waals surface area contributed by atoms with Crippen LogP contribution in [0.2, 0.25) is 0 Å². The predicted octanol–water partition coefficient (Wildman–Crippen LogP) is -3.92. The van der Waals surface area contributed by atoms with Crippen LogP contribution in [-0.2, 0) is 47.7 Å². The number of aliphatic hydroxyl groups excluding tert-OH is 2. The Labute approximate surface area is 257 Å². The number of Topliss-reactive ketones (excluding diaryl/α,β-unsaturated/α-hetero) is 2. The van der Waals surface area contributed by atoms with Crippen molar-refractivity contribution in [1.29, 1.82) is 0 Å². The molecule has 17 heteroatoms. The summed E-state index contributed by atoms with van der Waals surface area (Å²) >= 11 is 0. The zero-order valence-corrected chi connectivity index (χ0v) is 25.8. The van der Waals surface area contributed by atoms with E-state index in [9.17, 15) is 28.8 Å². The summed E-state index contributed by atoms with van der Waals surface area (Å²) in [5, 5.41) is 25.1. The second-order valence-corrected chi connectivity index (χ2v) is 9.63. The first kappa shape index (κ1) is 40.9. The Morgan fingerprint density at radius 3 is 1.41 bits per heavy atom. The Morgan fingerprint density at radius 2 is 0.977 bits per heavy atom. The van der Waals surface area contributed by atoms with Gasteiger partial charge >= 0.3 is 0 Å². The average molecular weight is 636 g/mol. The van der Waals surface area contributed by atoms with Gasteiger partial charge in [-0.05, 0) is 14.1 Å². The van der Waals surface area contributed by atoms with E-state index in [2.05, 4.69) is 16.0 Å². The van der Waals surface area contributed by atoms with Crippen molar-refractivity contribution < 1.29 is 57.9 Å². The Bertz CT molecular complexity index is 811. The van der Waals surface area contributed by atoms with Crippen molar-refractivity contribution in [1.82, 2.24) is 25.8 Å². The maximum Gasteiger partial charge on any atom is 0.241 e. The lowest BCUT2D eigenvalue weighted by atomic mass is 10.3. The van der Waals surface area contributed by atoms with Gasteiger partial charge < -0.3 is 54.9 Å². The highest BCUT2D eigenvalue weighted by Gasteiger charge is 2.17. The molecule has 254 valence electrons. The number of rotatable bonds is 29. The summed E-state index contributed by atoms with van der Waals surface area (Å²) in [6.45, 7) is 0.287. The molecule has 0 aromatic carbocycles. The fourth-order valence-corrected chi connectivity index (χ4v) is 3.14. The Hall–Kier alpha value is -3.06. The molecule has 0 aromatic heterocycles. The van der Waals surface area contributed by atoms with Gasteiger partial charge in [-0.25, -0.2) is 0 Å². The molecule has 0 atom stereocenters. The van der Waals surface area contributed by atoms with E-state index in [0.29, 0.717) is 6.54 Å². The number of hydrogen-bond acceptors (Lipinski definition) is 13. The molecule has 0 heterocycles. The minimum Gasteiger partial charge on any atom is -0.388 e. The lowest BCUT2D eigenvalue weighted by Gasteiger charge is -2.23. The summed E-state index contributed by atoms with van der Waals surface area (Å²) in [4.78, 5) is 74.4. The van der Waals surface area contributed by atoms with Crippen LogP contribution in [0.3, 0.4) is 0 Å². The van der Waals surface area contributed by atoms with Gasteiger partial charge in [0.2, 0.25) is 23.6 Å². The summed E-state index contributed by atoms with van der Waals surface area (Å²) in [5.41, 5.74) is 0. The monoisotopic (exact) mass is 635 g/mol. The van der Waals surface area contributed by atoms with E-state index < -0.39 is 30.7 Å². The van der Waals surface area contributed by atoms with Crippen LogP contribution in [0.1, 0.15) is 19.3 Å². The van der Waals surface area contributed by atoms with Crippen molar-refractivity contribution in [2.75, 3.05) is 119 Å². The van der Waals surface area contributed by atoms with Crippen molar-refractivity contribution in [3.8, 4) is 0 Å². The first-order valence-corrected chi connectivity index (χ1v) is 14.4. The minimum absolute atomic E-state index is 0.0288. The van der Waals surface area contributed by atoms with Gasteiger partial charge in [-0.1, -0.05) is 0 Å². The normalized spacial score (nSPS) is 10.8. The lowest BCUT2D eigenvalue weighted by Crippen LogP contribution is -2.44. The summed E-state index contributed by atoms with van der Waals surface area (Å²) in [6.07, 6.45) is 0.150. The van der Waals surface area contributed by atoms with Crippen LogP contribution < -0.4 is 16.0 Å². The smallest absolute Gasteiger partial charge is 0.241 e. The Balaban J connectivity index is 4.47. The molecule has 0 radical (unpaired) electrons. The number of nitrogens with zero attached hydrogens (tertiary/aromatic N) is 2. The lowest BCUT2D eigenvalue weighted by molar-refractivity contribution is -0.134. The van der Waals surface area contributed by atoms with Crippen LogP contribution in [0.25, 0.3) is 0 Å². The maximum atomic E-state index is 12.8. The van der Waals surface area contributed by atoms with Gasteiger partial charge in [0.1, 0.15) is 26.4 Å². The summed E-state index contributed by atoms with van der Waals surface area (Å²) in [6, 6.07) is 0. The molecule has 0 unspecified atom stereocenters. The third kappa shape index (κ3) is 25.4. The van der Waals surface area contributed by atoms with Crippen LogP contribution in [0.15, 0.2) is 0 Å². The largest absolute Gasteiger partial charge is 0.388 e. The number of ether oxygens (including phenoxy) is 4. The molecule has 0 saturated carbocycles. The molecule has 0 saturated heterocycles. The van der Waals surface area contributed by atoms with Crippen molar-refractivity contribution in [2.45, 2.75) is 19.3 Å². The topological polar surface area (TPSA) is 222 Å². The van der Waals surface area contributed by atoms with E-state index in [-0.39, 0.29) is 123 Å². The highest BCUT2D eigenvalue weighted by atomic mass is 16.5. The van der Waals surface area contributed by atoms with Crippen LogP contribution in [0, 0.1) is 0 Å². The first-order chi connectivity index (χ1) is 21.1. The zero-order valence-electron chi connectivity index (χ0n) is 25.8. The SMILES string of the molecule is CN(C)CCC(=O)NCC(=O)N(CCC(=O)NCCOCCOCC(=O)CO)CCC(=O)NCCOCCOCC(=O)CO. The number of nitrogens with one attached hydrogen (secondary N) is 3. The quantitative estimate of drug-likeness (QED) is 0.0497. The van der Waals surface area contributed by atoms with E-state index in [1.54, 1.807) is 0 Å². The third-order valence-corrected chi connectivity index (χ3v) is 5.55. The number of carbonyl (C=O) groups excluding carboxylic acids is 6. The van der Waals surface area contributed by atoms with E-state index >= 15 is 0 Å². The summed E-state index contributed by atoms with van der Waals surface area (Å²) < 4.78 is 20.6. The van der Waals surface area contributed by atoms with Gasteiger partial charge in [0.25, 0.3) is 0 Å². The van der Waals surface area contributed by atoms with Crippen LogP contribution in [0.5, 0.6) is 0 Å². The van der Waals surface area contributed by atoms with Crippen molar-refractivity contribution in [2.24, 2.45) is 0 Å². The second kappa shape index (κ2) is 27.5. The van der Waals surface area contributed by atoms with Gasteiger partial charge in [0, 0.05) is 52.0 Å². The molecular formula is C27H49N5O12. The van der Waals surface area contributed by atoms with Crippen molar-refractivity contribution in [3.05, 3.63) is 0 Å². The molecule has 0 fully saturated rings. The minimum atomic E-state index is -0.583. The Morgan fingerprint density at radius 1 is 0.568 bits per heavy atom. The first-order valence-electron chi connectivity index (χ1n) is 14.4. The van der Waals surface area contributed by atoms with E-state index in [1.807, 2.05) is 19.0 Å². The number of amides is 4. The third-order valence-electron chi connectivity index (χ3n) is 5.55. The highest BCUT2D eigenvalue weighted by Crippen LogP contribution is 1.98. The zero-order chi connectivity index (χ0) is 33.0. The van der Waals surface area contributed by atoms with Crippen LogP contribution >= 0.6 is 0 Å². The molecule has 0 spiro atoms. The molecule has 0 bridgehead atoms. The molecule has 0 aliphatic rings. The van der Waals surface area contributed by atoms with Crippen LogP contribution in [-0.4, -0.2) is 175 Å². The van der Waals surface area contributed by atoms with E-state index in [4.69, 9.17) is 29.2 Å². The van der Waals surface area contributed by atoms with Crippen LogP contribution in [0.4, 0.5) is 0 Å². The van der Waals surface area contributed by atoms with Gasteiger partial charge in [-0.3, -0.25) is 28.8 Å². The molecule has 17 nitrogen and oxygen atoms in total. The molecule has 0 aliphatic heterocycles. The Kier molecular flexibility index (Phi) is 25.6. The van der Waals surface area contributed by atoms with Gasteiger partial charge in [0.15, 0.2) is 11.6 Å². The van der Waals surface area contributed by atoms with Gasteiger partial charge in [0.05, 0.1) is 46.2 Å². The predicted molar refractivity (Wildman–Crippen MR) is 155 cm³/mol. The number of carbonyl (C=O) groups is 6.